The average molecular weight is 219 g/mol. The van der Waals surface area contributed by atoms with E-state index in [0.29, 0.717) is 17.9 Å². The zero-order chi connectivity index (χ0) is 12.0. The van der Waals surface area contributed by atoms with Gasteiger partial charge in [0.05, 0.1) is 25.0 Å². The predicted octanol–water partition coefficient (Wildman–Crippen LogP) is 2.17. The first-order chi connectivity index (χ1) is 7.69. The Balaban J connectivity index is 3.00. The summed E-state index contributed by atoms with van der Waals surface area (Å²) in [7, 11) is 0. The van der Waals surface area contributed by atoms with Crippen molar-refractivity contribution in [2.45, 2.75) is 19.3 Å². The van der Waals surface area contributed by atoms with Gasteiger partial charge in [-0.15, -0.1) is 0 Å². The first kappa shape index (κ1) is 12.1. The average Bonchev–Trinajstić information content (AvgIpc) is 2.27. The summed E-state index contributed by atoms with van der Waals surface area (Å²) in [4.78, 5) is 10.6. The molecule has 0 radical (unpaired) electrons. The number of carbonyl (C=O) groups is 1. The van der Waals surface area contributed by atoms with Crippen LogP contribution in [0.4, 0.5) is 0 Å². The molecule has 0 saturated carbocycles. The predicted molar refractivity (Wildman–Crippen MR) is 58.2 cm³/mol. The fourth-order valence-electron chi connectivity index (χ4n) is 1.46. The largest absolute Gasteiger partial charge is 0.494 e. The number of carboxylic acid groups (broad SMARTS) is 1. The van der Waals surface area contributed by atoms with Gasteiger partial charge in [-0.3, -0.25) is 4.79 Å². The molecule has 0 bridgehead atoms. The molecule has 0 aliphatic rings. The van der Waals surface area contributed by atoms with E-state index in [1.165, 1.54) is 0 Å². The standard InChI is InChI=1S/C12H13NO3/c1-2-16-11-6-4-3-5-10(11)9(8-13)7-12(14)15/h3-6,9H,2,7H2,1H3,(H,14,15). The molecule has 1 N–H and O–H groups in total. The van der Waals surface area contributed by atoms with E-state index < -0.39 is 11.9 Å². The Labute approximate surface area is 94.1 Å². The summed E-state index contributed by atoms with van der Waals surface area (Å²) in [6.45, 7) is 2.33. The maximum absolute atomic E-state index is 10.6. The highest BCUT2D eigenvalue weighted by molar-refractivity contribution is 5.69. The number of ether oxygens (including phenoxy) is 1. The molecule has 4 nitrogen and oxygen atoms in total. The van der Waals surface area contributed by atoms with Gasteiger partial charge in [0.25, 0.3) is 0 Å². The molecule has 0 aromatic heterocycles. The Morgan fingerprint density at radius 3 is 2.81 bits per heavy atom. The first-order valence-corrected chi connectivity index (χ1v) is 5.02. The second-order valence-corrected chi connectivity index (χ2v) is 3.25. The van der Waals surface area contributed by atoms with Crippen molar-refractivity contribution in [2.24, 2.45) is 0 Å². The Kier molecular flexibility index (Phi) is 4.34. The number of hydrogen-bond donors (Lipinski definition) is 1. The number of rotatable bonds is 5. The van der Waals surface area contributed by atoms with E-state index in [4.69, 9.17) is 15.1 Å². The van der Waals surface area contributed by atoms with E-state index in [-0.39, 0.29) is 6.42 Å². The van der Waals surface area contributed by atoms with Gasteiger partial charge in [0.15, 0.2) is 0 Å². The highest BCUT2D eigenvalue weighted by Gasteiger charge is 2.18. The summed E-state index contributed by atoms with van der Waals surface area (Å²) in [5.74, 6) is -1.07. The van der Waals surface area contributed by atoms with Crippen LogP contribution < -0.4 is 4.74 Å². The number of carboxylic acids is 1. The van der Waals surface area contributed by atoms with Crippen molar-refractivity contribution in [2.75, 3.05) is 6.61 Å². The van der Waals surface area contributed by atoms with E-state index in [9.17, 15) is 4.79 Å². The summed E-state index contributed by atoms with van der Waals surface area (Å²) < 4.78 is 5.36. The van der Waals surface area contributed by atoms with Crippen molar-refractivity contribution in [3.05, 3.63) is 29.8 Å². The van der Waals surface area contributed by atoms with E-state index in [1.54, 1.807) is 24.3 Å². The minimum atomic E-state index is -0.988. The van der Waals surface area contributed by atoms with E-state index >= 15 is 0 Å². The fraction of sp³-hybridized carbons (Fsp3) is 0.333. The van der Waals surface area contributed by atoms with Gasteiger partial charge in [-0.2, -0.15) is 5.26 Å². The molecule has 0 saturated heterocycles. The van der Waals surface area contributed by atoms with Gasteiger partial charge in [0, 0.05) is 5.56 Å². The quantitative estimate of drug-likeness (QED) is 0.823. The number of nitrogens with zero attached hydrogens (tertiary/aromatic N) is 1. The van der Waals surface area contributed by atoms with Crippen LogP contribution in [0.2, 0.25) is 0 Å². The van der Waals surface area contributed by atoms with Crippen molar-refractivity contribution in [1.82, 2.24) is 0 Å². The van der Waals surface area contributed by atoms with Crippen LogP contribution in [0.3, 0.4) is 0 Å². The van der Waals surface area contributed by atoms with Gasteiger partial charge in [0.1, 0.15) is 5.75 Å². The van der Waals surface area contributed by atoms with Crippen LogP contribution in [0.1, 0.15) is 24.8 Å². The molecule has 1 rings (SSSR count). The van der Waals surface area contributed by atoms with Crippen LogP contribution in [0.15, 0.2) is 24.3 Å². The molecule has 16 heavy (non-hydrogen) atoms. The molecule has 1 aromatic carbocycles. The minimum absolute atomic E-state index is 0.208. The van der Waals surface area contributed by atoms with Crippen molar-refractivity contribution >= 4 is 5.97 Å². The minimum Gasteiger partial charge on any atom is -0.494 e. The second kappa shape index (κ2) is 5.76. The second-order valence-electron chi connectivity index (χ2n) is 3.25. The highest BCUT2D eigenvalue weighted by Crippen LogP contribution is 2.28. The Morgan fingerprint density at radius 1 is 1.56 bits per heavy atom. The molecule has 0 aliphatic heterocycles. The SMILES string of the molecule is CCOc1ccccc1C(C#N)CC(=O)O. The lowest BCUT2D eigenvalue weighted by atomic mass is 9.96. The Bertz CT molecular complexity index is 409. The molecule has 84 valence electrons. The summed E-state index contributed by atoms with van der Waals surface area (Å²) in [6, 6.07) is 9.02. The summed E-state index contributed by atoms with van der Waals surface area (Å²) in [6.07, 6.45) is -0.208. The van der Waals surface area contributed by atoms with Crippen LogP contribution in [0.5, 0.6) is 5.75 Å². The third-order valence-corrected chi connectivity index (χ3v) is 2.13. The van der Waals surface area contributed by atoms with E-state index in [1.807, 2.05) is 13.0 Å². The number of nitriles is 1. The number of hydrogen-bond acceptors (Lipinski definition) is 3. The number of benzene rings is 1. The Morgan fingerprint density at radius 2 is 2.25 bits per heavy atom. The third kappa shape index (κ3) is 2.99. The molecule has 0 fully saturated rings. The number of aliphatic carboxylic acids is 1. The summed E-state index contributed by atoms with van der Waals surface area (Å²) in [5, 5.41) is 17.7. The fourth-order valence-corrected chi connectivity index (χ4v) is 1.46. The molecule has 0 amide bonds. The van der Waals surface area contributed by atoms with Crippen LogP contribution in [-0.4, -0.2) is 17.7 Å². The van der Waals surface area contributed by atoms with Crippen molar-refractivity contribution in [3.8, 4) is 11.8 Å². The van der Waals surface area contributed by atoms with Gasteiger partial charge in [-0.25, -0.2) is 0 Å². The van der Waals surface area contributed by atoms with Gasteiger partial charge >= 0.3 is 5.97 Å². The smallest absolute Gasteiger partial charge is 0.305 e. The van der Waals surface area contributed by atoms with Gasteiger partial charge in [0.2, 0.25) is 0 Å². The molecule has 1 aromatic rings. The van der Waals surface area contributed by atoms with Crippen LogP contribution in [-0.2, 0) is 4.79 Å². The maximum atomic E-state index is 10.6. The normalized spacial score (nSPS) is 11.5. The van der Waals surface area contributed by atoms with Crippen LogP contribution in [0.25, 0.3) is 0 Å². The third-order valence-electron chi connectivity index (χ3n) is 2.13. The maximum Gasteiger partial charge on any atom is 0.305 e. The topological polar surface area (TPSA) is 70.3 Å². The monoisotopic (exact) mass is 219 g/mol. The zero-order valence-corrected chi connectivity index (χ0v) is 9.01. The number of para-hydroxylation sites is 1. The lowest BCUT2D eigenvalue weighted by molar-refractivity contribution is -0.137. The summed E-state index contributed by atoms with van der Waals surface area (Å²) in [5.41, 5.74) is 0.634. The molecule has 0 spiro atoms. The van der Waals surface area contributed by atoms with Gasteiger partial charge in [-0.05, 0) is 13.0 Å². The molecule has 4 heteroatoms. The van der Waals surface area contributed by atoms with Crippen LogP contribution in [0, 0.1) is 11.3 Å². The zero-order valence-electron chi connectivity index (χ0n) is 9.01. The molecule has 1 unspecified atom stereocenters. The van der Waals surface area contributed by atoms with Crippen molar-refractivity contribution in [3.63, 3.8) is 0 Å². The first-order valence-electron chi connectivity index (χ1n) is 5.02. The summed E-state index contributed by atoms with van der Waals surface area (Å²) >= 11 is 0. The van der Waals surface area contributed by atoms with E-state index in [2.05, 4.69) is 0 Å². The molecule has 1 atom stereocenters. The van der Waals surface area contributed by atoms with Crippen LogP contribution >= 0.6 is 0 Å². The molecule has 0 aliphatic carbocycles. The lowest BCUT2D eigenvalue weighted by Crippen LogP contribution is -2.06. The molecule has 0 heterocycles. The molecular formula is C12H13NO3. The Hall–Kier alpha value is -2.02. The van der Waals surface area contributed by atoms with Crippen molar-refractivity contribution in [1.29, 1.82) is 5.26 Å². The van der Waals surface area contributed by atoms with Crippen molar-refractivity contribution < 1.29 is 14.6 Å². The van der Waals surface area contributed by atoms with Gasteiger partial charge in [-0.1, -0.05) is 18.2 Å². The van der Waals surface area contributed by atoms with Gasteiger partial charge < -0.3 is 9.84 Å². The highest BCUT2D eigenvalue weighted by atomic mass is 16.5. The van der Waals surface area contributed by atoms with E-state index in [0.717, 1.165) is 0 Å². The molecular weight excluding hydrogens is 206 g/mol. The lowest BCUT2D eigenvalue weighted by Gasteiger charge is -2.12.